The van der Waals surface area contributed by atoms with E-state index in [9.17, 15) is 13.6 Å². The van der Waals surface area contributed by atoms with E-state index in [2.05, 4.69) is 36.8 Å². The maximum absolute atomic E-state index is 14.1. The molecule has 112 valence electrons. The molecule has 3 nitrogen and oxygen atoms in total. The van der Waals surface area contributed by atoms with Crippen LogP contribution in [0.3, 0.4) is 0 Å². The van der Waals surface area contributed by atoms with Crippen molar-refractivity contribution in [1.29, 1.82) is 0 Å². The summed E-state index contributed by atoms with van der Waals surface area (Å²) in [7, 11) is 0. The number of halogens is 4. The van der Waals surface area contributed by atoms with Crippen LogP contribution in [0.4, 0.5) is 8.78 Å². The van der Waals surface area contributed by atoms with E-state index in [1.54, 1.807) is 0 Å². The average Bonchev–Trinajstić information content (AvgIpc) is 2.38. The first-order valence-electron chi connectivity index (χ1n) is 6.23. The van der Waals surface area contributed by atoms with Crippen LogP contribution in [-0.2, 0) is 6.54 Å². The van der Waals surface area contributed by atoms with Crippen LogP contribution in [-0.4, -0.2) is 9.55 Å². The van der Waals surface area contributed by atoms with Crippen molar-refractivity contribution < 1.29 is 8.78 Å². The fourth-order valence-corrected chi connectivity index (χ4v) is 3.23. The van der Waals surface area contributed by atoms with Crippen LogP contribution in [0.5, 0.6) is 0 Å². The summed E-state index contributed by atoms with van der Waals surface area (Å²) in [6, 6.07) is 3.58. The third-order valence-corrected chi connectivity index (χ3v) is 3.90. The topological polar surface area (TPSA) is 34.9 Å². The van der Waals surface area contributed by atoms with Crippen molar-refractivity contribution in [1.82, 2.24) is 9.55 Å². The van der Waals surface area contributed by atoms with E-state index in [0.717, 1.165) is 12.1 Å². The normalized spacial score (nSPS) is 11.2. The molecule has 0 aliphatic rings. The van der Waals surface area contributed by atoms with Crippen LogP contribution in [0.25, 0.3) is 11.3 Å². The van der Waals surface area contributed by atoms with Gasteiger partial charge < -0.3 is 4.57 Å². The van der Waals surface area contributed by atoms with Gasteiger partial charge in [0.2, 0.25) is 0 Å². The van der Waals surface area contributed by atoms with E-state index in [-0.39, 0.29) is 26.4 Å². The average molecular weight is 422 g/mol. The Morgan fingerprint density at radius 2 is 1.76 bits per heavy atom. The van der Waals surface area contributed by atoms with E-state index >= 15 is 0 Å². The van der Waals surface area contributed by atoms with Crippen LogP contribution in [0.1, 0.15) is 13.8 Å². The fourth-order valence-electron chi connectivity index (χ4n) is 2.01. The third-order valence-electron chi connectivity index (χ3n) is 2.83. The third kappa shape index (κ3) is 3.23. The van der Waals surface area contributed by atoms with Gasteiger partial charge in [0.1, 0.15) is 16.2 Å². The number of aromatic nitrogens is 2. The Labute approximate surface area is 137 Å². The summed E-state index contributed by atoms with van der Waals surface area (Å²) in [6.07, 6.45) is 0. The van der Waals surface area contributed by atoms with E-state index in [1.165, 1.54) is 10.6 Å². The molecule has 0 radical (unpaired) electrons. The Morgan fingerprint density at radius 1 is 1.19 bits per heavy atom. The van der Waals surface area contributed by atoms with Crippen molar-refractivity contribution >= 4 is 31.9 Å². The summed E-state index contributed by atoms with van der Waals surface area (Å²) in [5.74, 6) is -1.36. The van der Waals surface area contributed by atoms with Gasteiger partial charge in [0, 0.05) is 6.54 Å². The van der Waals surface area contributed by atoms with Gasteiger partial charge in [0.15, 0.2) is 4.60 Å². The predicted molar refractivity (Wildman–Crippen MR) is 84.1 cm³/mol. The van der Waals surface area contributed by atoms with Gasteiger partial charge in [-0.15, -0.1) is 0 Å². The lowest BCUT2D eigenvalue weighted by molar-refractivity contribution is 0.505. The molecule has 0 unspecified atom stereocenters. The second kappa shape index (κ2) is 6.36. The zero-order valence-electron chi connectivity index (χ0n) is 11.3. The first-order valence-corrected chi connectivity index (χ1v) is 7.81. The Kier molecular flexibility index (Phi) is 4.93. The maximum Gasteiger partial charge on any atom is 0.284 e. The first-order chi connectivity index (χ1) is 9.82. The molecule has 0 aliphatic carbocycles. The van der Waals surface area contributed by atoms with Gasteiger partial charge in [-0.05, 0) is 49.9 Å². The molecular formula is C14H12Br2F2N2O. The highest BCUT2D eigenvalue weighted by atomic mass is 79.9. The molecule has 1 heterocycles. The molecule has 21 heavy (non-hydrogen) atoms. The number of rotatable bonds is 3. The monoisotopic (exact) mass is 420 g/mol. The molecule has 7 heteroatoms. The minimum atomic E-state index is -0.739. The van der Waals surface area contributed by atoms with Crippen LogP contribution in [0.2, 0.25) is 0 Å². The van der Waals surface area contributed by atoms with Gasteiger partial charge in [-0.2, -0.15) is 0 Å². The Morgan fingerprint density at radius 3 is 2.29 bits per heavy atom. The van der Waals surface area contributed by atoms with Crippen LogP contribution < -0.4 is 5.56 Å². The predicted octanol–water partition coefficient (Wildman–Crippen LogP) is 4.37. The molecule has 1 aromatic heterocycles. The summed E-state index contributed by atoms with van der Waals surface area (Å²) in [5.41, 5.74) is -0.584. The molecule has 0 fully saturated rings. The molecule has 0 atom stereocenters. The number of nitrogens with zero attached hydrogens (tertiary/aromatic N) is 2. The minimum Gasteiger partial charge on any atom is -0.303 e. The highest BCUT2D eigenvalue weighted by Crippen LogP contribution is 2.31. The number of benzene rings is 1. The quantitative estimate of drug-likeness (QED) is 0.737. The molecule has 2 aromatic rings. The zero-order valence-corrected chi connectivity index (χ0v) is 14.5. The molecule has 1 aromatic carbocycles. The number of hydrogen-bond donors (Lipinski definition) is 0. The van der Waals surface area contributed by atoms with Gasteiger partial charge in [-0.25, -0.2) is 13.8 Å². The lowest BCUT2D eigenvalue weighted by Crippen LogP contribution is -2.26. The Bertz CT molecular complexity index is 724. The fraction of sp³-hybridized carbons (Fsp3) is 0.286. The summed E-state index contributed by atoms with van der Waals surface area (Å²) < 4.78 is 29.7. The Balaban J connectivity index is 2.85. The van der Waals surface area contributed by atoms with E-state index in [0.29, 0.717) is 6.54 Å². The van der Waals surface area contributed by atoms with Gasteiger partial charge in [0.05, 0.1) is 11.3 Å². The number of hydrogen-bond acceptors (Lipinski definition) is 2. The van der Waals surface area contributed by atoms with Crippen LogP contribution >= 0.6 is 31.9 Å². The molecule has 0 saturated heterocycles. The van der Waals surface area contributed by atoms with Crippen molar-refractivity contribution in [2.45, 2.75) is 20.4 Å². The summed E-state index contributed by atoms with van der Waals surface area (Å²) in [4.78, 5) is 16.2. The van der Waals surface area contributed by atoms with Crippen molar-refractivity contribution in [3.8, 4) is 11.3 Å². The van der Waals surface area contributed by atoms with E-state index in [1.807, 2.05) is 13.8 Å². The highest BCUT2D eigenvalue weighted by molar-refractivity contribution is 9.11. The van der Waals surface area contributed by atoms with Crippen LogP contribution in [0.15, 0.2) is 32.2 Å². The first kappa shape index (κ1) is 16.3. The molecular weight excluding hydrogens is 410 g/mol. The molecule has 0 saturated carbocycles. The zero-order chi connectivity index (χ0) is 15.7. The van der Waals surface area contributed by atoms with Crippen molar-refractivity contribution in [2.24, 2.45) is 5.92 Å². The lowest BCUT2D eigenvalue weighted by Gasteiger charge is -2.17. The van der Waals surface area contributed by atoms with Crippen molar-refractivity contribution in [2.75, 3.05) is 0 Å². The standard InChI is InChI=1S/C14H12Br2F2N2O/c1-7(2)6-20-11(12(15)19-13(16)14(20)21)10-8(17)4-3-5-9(10)18/h3-5,7H,6H2,1-2H3. The molecule has 0 amide bonds. The molecule has 0 spiro atoms. The van der Waals surface area contributed by atoms with Crippen LogP contribution in [0, 0.1) is 17.6 Å². The second-order valence-corrected chi connectivity index (χ2v) is 6.45. The summed E-state index contributed by atoms with van der Waals surface area (Å²) in [6.45, 7) is 4.15. The minimum absolute atomic E-state index is 0.0931. The van der Waals surface area contributed by atoms with Crippen molar-refractivity contribution in [3.05, 3.63) is 49.4 Å². The second-order valence-electron chi connectivity index (χ2n) is 4.95. The molecule has 0 aliphatic heterocycles. The smallest absolute Gasteiger partial charge is 0.284 e. The summed E-state index contributed by atoms with van der Waals surface area (Å²) >= 11 is 6.26. The van der Waals surface area contributed by atoms with Gasteiger partial charge in [0.25, 0.3) is 5.56 Å². The molecule has 2 rings (SSSR count). The summed E-state index contributed by atoms with van der Waals surface area (Å²) in [5, 5.41) is 0. The maximum atomic E-state index is 14.1. The molecule has 0 N–H and O–H groups in total. The van der Waals surface area contributed by atoms with E-state index in [4.69, 9.17) is 0 Å². The largest absolute Gasteiger partial charge is 0.303 e. The molecule has 0 bridgehead atoms. The lowest BCUT2D eigenvalue weighted by atomic mass is 10.1. The van der Waals surface area contributed by atoms with Crippen molar-refractivity contribution in [3.63, 3.8) is 0 Å². The SMILES string of the molecule is CC(C)Cn1c(-c2c(F)cccc2F)c(Br)nc(Br)c1=O. The van der Waals surface area contributed by atoms with Gasteiger partial charge in [-0.1, -0.05) is 19.9 Å². The van der Waals surface area contributed by atoms with Gasteiger partial charge in [-0.3, -0.25) is 4.79 Å². The van der Waals surface area contributed by atoms with Gasteiger partial charge >= 0.3 is 0 Å². The van der Waals surface area contributed by atoms with E-state index < -0.39 is 17.2 Å². The Hall–Kier alpha value is -1.08. The highest BCUT2D eigenvalue weighted by Gasteiger charge is 2.21.